The molecular weight excluding hydrogens is 196 g/mol. The van der Waals surface area contributed by atoms with Gasteiger partial charge in [-0.2, -0.15) is 0 Å². The minimum absolute atomic E-state index is 0.394. The molecule has 1 fully saturated rings. The topological polar surface area (TPSA) is 29.3 Å². The third-order valence-corrected chi connectivity index (χ3v) is 3.79. The zero-order valence-electron chi connectivity index (χ0n) is 11.8. The maximum Gasteiger partial charge on any atom is 0.0153 e. The zero-order valence-corrected chi connectivity index (χ0v) is 11.8. The molecule has 0 spiro atoms. The van der Waals surface area contributed by atoms with Crippen molar-refractivity contribution < 1.29 is 0 Å². The van der Waals surface area contributed by atoms with E-state index in [0.29, 0.717) is 16.9 Å². The number of nitrogens with zero attached hydrogens (tertiary/aromatic N) is 1. The normalized spacial score (nSPS) is 23.6. The first-order valence-electron chi connectivity index (χ1n) is 6.70. The lowest BCUT2D eigenvalue weighted by Gasteiger charge is -2.36. The monoisotopic (exact) mass is 226 g/mol. The van der Waals surface area contributed by atoms with Crippen LogP contribution < -0.4 is 5.73 Å². The lowest BCUT2D eigenvalue weighted by atomic mass is 9.84. The lowest BCUT2D eigenvalue weighted by Crippen LogP contribution is -2.43. The Morgan fingerprint density at radius 3 is 2.31 bits per heavy atom. The van der Waals surface area contributed by atoms with E-state index < -0.39 is 0 Å². The van der Waals surface area contributed by atoms with Gasteiger partial charge in [-0.25, -0.2) is 0 Å². The van der Waals surface area contributed by atoms with Crippen LogP contribution in [0.25, 0.3) is 0 Å². The molecule has 1 unspecified atom stereocenters. The Morgan fingerprint density at radius 2 is 1.94 bits per heavy atom. The summed E-state index contributed by atoms with van der Waals surface area (Å²) in [5.41, 5.74) is 6.71. The maximum absolute atomic E-state index is 5.92. The standard InChI is InChI=1S/C14H30N2/c1-13(2,3)9-12(10-15)11-16-8-6-7-14(16,4)5/h12H,6-11,15H2,1-5H3. The van der Waals surface area contributed by atoms with Crippen molar-refractivity contribution in [3.63, 3.8) is 0 Å². The number of rotatable bonds is 4. The Hall–Kier alpha value is -0.0800. The molecule has 0 bridgehead atoms. The van der Waals surface area contributed by atoms with Gasteiger partial charge in [0.25, 0.3) is 0 Å². The fourth-order valence-corrected chi connectivity index (χ4v) is 2.90. The number of hydrogen-bond donors (Lipinski definition) is 1. The molecule has 0 amide bonds. The summed E-state index contributed by atoms with van der Waals surface area (Å²) in [6.45, 7) is 14.9. The van der Waals surface area contributed by atoms with Gasteiger partial charge in [0.1, 0.15) is 0 Å². The maximum atomic E-state index is 5.92. The van der Waals surface area contributed by atoms with E-state index in [9.17, 15) is 0 Å². The van der Waals surface area contributed by atoms with Crippen LogP contribution in [-0.4, -0.2) is 30.1 Å². The number of likely N-dealkylation sites (tertiary alicyclic amines) is 1. The van der Waals surface area contributed by atoms with Crippen molar-refractivity contribution in [2.24, 2.45) is 17.1 Å². The van der Waals surface area contributed by atoms with Crippen LogP contribution in [-0.2, 0) is 0 Å². The molecule has 96 valence electrons. The van der Waals surface area contributed by atoms with Crippen LogP contribution in [0.2, 0.25) is 0 Å². The van der Waals surface area contributed by atoms with Crippen molar-refractivity contribution in [1.29, 1.82) is 0 Å². The smallest absolute Gasteiger partial charge is 0.0153 e. The van der Waals surface area contributed by atoms with Gasteiger partial charge in [-0.15, -0.1) is 0 Å². The second-order valence-corrected chi connectivity index (χ2v) is 7.23. The molecule has 1 heterocycles. The molecule has 1 rings (SSSR count). The van der Waals surface area contributed by atoms with E-state index in [2.05, 4.69) is 39.5 Å². The SMILES string of the molecule is CC(C)(C)CC(CN)CN1CCCC1(C)C. The Labute approximate surface area is 102 Å². The number of hydrogen-bond acceptors (Lipinski definition) is 2. The highest BCUT2D eigenvalue weighted by molar-refractivity contribution is 4.89. The van der Waals surface area contributed by atoms with Gasteiger partial charge in [0.05, 0.1) is 0 Å². The molecule has 0 aliphatic carbocycles. The molecule has 2 nitrogen and oxygen atoms in total. The molecule has 1 atom stereocenters. The summed E-state index contributed by atoms with van der Waals surface area (Å²) in [4.78, 5) is 2.64. The summed E-state index contributed by atoms with van der Waals surface area (Å²) in [6.07, 6.45) is 3.91. The van der Waals surface area contributed by atoms with Gasteiger partial charge in [-0.3, -0.25) is 4.90 Å². The zero-order chi connectivity index (χ0) is 12.4. The molecule has 1 saturated heterocycles. The first-order valence-corrected chi connectivity index (χ1v) is 6.70. The summed E-state index contributed by atoms with van der Waals surface area (Å²) in [5, 5.41) is 0. The van der Waals surface area contributed by atoms with Crippen LogP contribution >= 0.6 is 0 Å². The van der Waals surface area contributed by atoms with E-state index in [-0.39, 0.29) is 0 Å². The first kappa shape index (κ1) is 14.0. The summed E-state index contributed by atoms with van der Waals surface area (Å²) in [7, 11) is 0. The molecule has 0 radical (unpaired) electrons. The highest BCUT2D eigenvalue weighted by Gasteiger charge is 2.33. The van der Waals surface area contributed by atoms with Crippen molar-refractivity contribution in [1.82, 2.24) is 4.90 Å². The van der Waals surface area contributed by atoms with Crippen LogP contribution in [0.4, 0.5) is 0 Å². The van der Waals surface area contributed by atoms with Crippen molar-refractivity contribution in [2.75, 3.05) is 19.6 Å². The Balaban J connectivity index is 2.50. The van der Waals surface area contributed by atoms with E-state index >= 15 is 0 Å². The molecule has 16 heavy (non-hydrogen) atoms. The second-order valence-electron chi connectivity index (χ2n) is 7.23. The van der Waals surface area contributed by atoms with Crippen LogP contribution in [0.15, 0.2) is 0 Å². The molecule has 2 N–H and O–H groups in total. The molecule has 1 aliphatic rings. The van der Waals surface area contributed by atoms with Gasteiger partial charge >= 0.3 is 0 Å². The third kappa shape index (κ3) is 4.06. The van der Waals surface area contributed by atoms with E-state index in [1.165, 1.54) is 32.4 Å². The second kappa shape index (κ2) is 5.05. The molecule has 0 saturated carbocycles. The van der Waals surface area contributed by atoms with E-state index in [1.807, 2.05) is 0 Å². The van der Waals surface area contributed by atoms with E-state index in [0.717, 1.165) is 6.54 Å². The van der Waals surface area contributed by atoms with Gasteiger partial charge < -0.3 is 5.73 Å². The minimum atomic E-state index is 0.394. The summed E-state index contributed by atoms with van der Waals surface area (Å²) in [6, 6.07) is 0. The van der Waals surface area contributed by atoms with Crippen molar-refractivity contribution >= 4 is 0 Å². The van der Waals surface area contributed by atoms with Gasteiger partial charge in [0.15, 0.2) is 0 Å². The molecule has 1 aliphatic heterocycles. The molecule has 0 aromatic heterocycles. The van der Waals surface area contributed by atoms with Crippen LogP contribution in [0.3, 0.4) is 0 Å². The molecule has 2 heteroatoms. The van der Waals surface area contributed by atoms with Crippen LogP contribution in [0, 0.1) is 11.3 Å². The van der Waals surface area contributed by atoms with Gasteiger partial charge in [-0.05, 0) is 57.5 Å². The highest BCUT2D eigenvalue weighted by atomic mass is 15.2. The van der Waals surface area contributed by atoms with Crippen molar-refractivity contribution in [3.8, 4) is 0 Å². The lowest BCUT2D eigenvalue weighted by molar-refractivity contribution is 0.132. The van der Waals surface area contributed by atoms with Gasteiger partial charge in [0, 0.05) is 12.1 Å². The highest BCUT2D eigenvalue weighted by Crippen LogP contribution is 2.31. The van der Waals surface area contributed by atoms with Gasteiger partial charge in [-0.1, -0.05) is 20.8 Å². The van der Waals surface area contributed by atoms with Crippen molar-refractivity contribution in [2.45, 2.75) is 59.4 Å². The predicted molar refractivity (Wildman–Crippen MR) is 71.5 cm³/mol. The van der Waals surface area contributed by atoms with Crippen LogP contribution in [0.5, 0.6) is 0 Å². The average molecular weight is 226 g/mol. The van der Waals surface area contributed by atoms with E-state index in [4.69, 9.17) is 5.73 Å². The Bertz CT molecular complexity index is 215. The Kier molecular flexibility index (Phi) is 4.42. The number of nitrogens with two attached hydrogens (primary N) is 1. The fourth-order valence-electron chi connectivity index (χ4n) is 2.90. The molecule has 0 aromatic carbocycles. The summed E-state index contributed by atoms with van der Waals surface area (Å²) >= 11 is 0. The van der Waals surface area contributed by atoms with Gasteiger partial charge in [0.2, 0.25) is 0 Å². The fraction of sp³-hybridized carbons (Fsp3) is 1.00. The van der Waals surface area contributed by atoms with E-state index in [1.54, 1.807) is 0 Å². The summed E-state index contributed by atoms with van der Waals surface area (Å²) < 4.78 is 0. The largest absolute Gasteiger partial charge is 0.330 e. The predicted octanol–water partition coefficient (Wildman–Crippen LogP) is 2.87. The Morgan fingerprint density at radius 1 is 1.31 bits per heavy atom. The van der Waals surface area contributed by atoms with Crippen molar-refractivity contribution in [3.05, 3.63) is 0 Å². The average Bonchev–Trinajstić information content (AvgIpc) is 2.42. The molecular formula is C14H30N2. The van der Waals surface area contributed by atoms with Crippen LogP contribution in [0.1, 0.15) is 53.9 Å². The molecule has 0 aromatic rings. The summed E-state index contributed by atoms with van der Waals surface area (Å²) in [5.74, 6) is 0.650. The minimum Gasteiger partial charge on any atom is -0.330 e. The quantitative estimate of drug-likeness (QED) is 0.798. The third-order valence-electron chi connectivity index (χ3n) is 3.79. The first-order chi connectivity index (χ1) is 7.24.